The van der Waals surface area contributed by atoms with Gasteiger partial charge >= 0.3 is 0 Å². The zero-order chi connectivity index (χ0) is 17.0. The molecule has 23 heavy (non-hydrogen) atoms. The second kappa shape index (κ2) is 7.45. The van der Waals surface area contributed by atoms with Gasteiger partial charge in [-0.3, -0.25) is 9.59 Å². The maximum atomic E-state index is 12.2. The van der Waals surface area contributed by atoms with Crippen molar-refractivity contribution >= 4 is 23.2 Å². The quantitative estimate of drug-likeness (QED) is 0.884. The Labute approximate surface area is 141 Å². The highest BCUT2D eigenvalue weighted by Gasteiger charge is 2.32. The van der Waals surface area contributed by atoms with Gasteiger partial charge in [-0.2, -0.15) is 11.3 Å². The van der Waals surface area contributed by atoms with Gasteiger partial charge in [0.25, 0.3) is 0 Å². The van der Waals surface area contributed by atoms with Gasteiger partial charge in [0.05, 0.1) is 6.10 Å². The molecule has 0 aliphatic carbocycles. The SMILES string of the molecule is CC(C)(C)C(=O)N1CCC(C(=O)NCC(O)c2ccsc2)CC1. The smallest absolute Gasteiger partial charge is 0.227 e. The lowest BCUT2D eigenvalue weighted by Gasteiger charge is -2.35. The molecule has 1 unspecified atom stereocenters. The fourth-order valence-corrected chi connectivity index (χ4v) is 3.45. The lowest BCUT2D eigenvalue weighted by atomic mass is 9.90. The molecule has 0 spiro atoms. The number of carbonyl (C=O) groups is 2. The largest absolute Gasteiger partial charge is 0.387 e. The van der Waals surface area contributed by atoms with Crippen LogP contribution in [0.5, 0.6) is 0 Å². The van der Waals surface area contributed by atoms with E-state index in [0.717, 1.165) is 5.56 Å². The molecule has 1 aromatic heterocycles. The maximum absolute atomic E-state index is 12.2. The first-order valence-corrected chi connectivity index (χ1v) is 9.00. The number of aliphatic hydroxyl groups excluding tert-OH is 1. The van der Waals surface area contributed by atoms with Gasteiger partial charge < -0.3 is 15.3 Å². The van der Waals surface area contributed by atoms with Crippen LogP contribution in [-0.2, 0) is 9.59 Å². The summed E-state index contributed by atoms with van der Waals surface area (Å²) in [7, 11) is 0. The van der Waals surface area contributed by atoms with E-state index in [2.05, 4.69) is 5.32 Å². The number of amides is 2. The summed E-state index contributed by atoms with van der Waals surface area (Å²) in [6.45, 7) is 7.24. The average Bonchev–Trinajstić information content (AvgIpc) is 3.05. The summed E-state index contributed by atoms with van der Waals surface area (Å²) < 4.78 is 0. The zero-order valence-electron chi connectivity index (χ0n) is 14.0. The third kappa shape index (κ3) is 4.78. The van der Waals surface area contributed by atoms with E-state index in [4.69, 9.17) is 0 Å². The van der Waals surface area contributed by atoms with Crippen LogP contribution in [0.1, 0.15) is 45.3 Å². The molecule has 1 atom stereocenters. The molecular weight excluding hydrogens is 312 g/mol. The van der Waals surface area contributed by atoms with Crippen molar-refractivity contribution in [1.29, 1.82) is 0 Å². The summed E-state index contributed by atoms with van der Waals surface area (Å²) in [4.78, 5) is 26.3. The first-order chi connectivity index (χ1) is 10.8. The highest BCUT2D eigenvalue weighted by Crippen LogP contribution is 2.24. The molecule has 1 aliphatic heterocycles. The van der Waals surface area contributed by atoms with Crippen molar-refractivity contribution < 1.29 is 14.7 Å². The zero-order valence-corrected chi connectivity index (χ0v) is 14.9. The van der Waals surface area contributed by atoms with Crippen LogP contribution in [0.3, 0.4) is 0 Å². The Morgan fingerprint density at radius 3 is 2.57 bits per heavy atom. The topological polar surface area (TPSA) is 69.6 Å². The summed E-state index contributed by atoms with van der Waals surface area (Å²) in [5.41, 5.74) is 0.459. The molecule has 6 heteroatoms. The Morgan fingerprint density at radius 2 is 2.04 bits per heavy atom. The first-order valence-electron chi connectivity index (χ1n) is 8.06. The van der Waals surface area contributed by atoms with Crippen LogP contribution >= 0.6 is 11.3 Å². The molecule has 2 rings (SSSR count). The van der Waals surface area contributed by atoms with Crippen molar-refractivity contribution in [1.82, 2.24) is 10.2 Å². The number of piperidine rings is 1. The molecule has 0 saturated carbocycles. The molecule has 2 amide bonds. The van der Waals surface area contributed by atoms with E-state index in [9.17, 15) is 14.7 Å². The van der Waals surface area contributed by atoms with Crippen LogP contribution in [0, 0.1) is 11.3 Å². The Kier molecular flexibility index (Phi) is 5.81. The molecule has 5 nitrogen and oxygen atoms in total. The van der Waals surface area contributed by atoms with Crippen molar-refractivity contribution in [2.24, 2.45) is 11.3 Å². The molecule has 1 fully saturated rings. The van der Waals surface area contributed by atoms with Crippen molar-refractivity contribution in [2.75, 3.05) is 19.6 Å². The van der Waals surface area contributed by atoms with Crippen LogP contribution in [0.15, 0.2) is 16.8 Å². The predicted molar refractivity (Wildman–Crippen MR) is 91.0 cm³/mol. The second-order valence-electron chi connectivity index (χ2n) is 7.13. The molecule has 1 saturated heterocycles. The number of hydrogen-bond donors (Lipinski definition) is 2. The third-order valence-electron chi connectivity index (χ3n) is 4.19. The van der Waals surface area contributed by atoms with Gasteiger partial charge in [-0.25, -0.2) is 0 Å². The molecule has 1 aliphatic rings. The fraction of sp³-hybridized carbons (Fsp3) is 0.647. The number of rotatable bonds is 4. The number of likely N-dealkylation sites (tertiary alicyclic amines) is 1. The van der Waals surface area contributed by atoms with Gasteiger partial charge in [0.15, 0.2) is 0 Å². The summed E-state index contributed by atoms with van der Waals surface area (Å²) in [6, 6.07) is 1.86. The molecule has 0 aromatic carbocycles. The van der Waals surface area contributed by atoms with E-state index in [-0.39, 0.29) is 29.7 Å². The van der Waals surface area contributed by atoms with E-state index >= 15 is 0 Å². The highest BCUT2D eigenvalue weighted by atomic mass is 32.1. The van der Waals surface area contributed by atoms with E-state index < -0.39 is 6.10 Å². The molecular formula is C17H26N2O3S. The number of nitrogens with zero attached hydrogens (tertiary/aromatic N) is 1. The van der Waals surface area contributed by atoms with Crippen molar-refractivity contribution in [2.45, 2.75) is 39.7 Å². The monoisotopic (exact) mass is 338 g/mol. The van der Waals surface area contributed by atoms with Gasteiger partial charge in [0.2, 0.25) is 11.8 Å². The van der Waals surface area contributed by atoms with Gasteiger partial charge in [-0.15, -0.1) is 0 Å². The van der Waals surface area contributed by atoms with E-state index in [1.807, 2.05) is 42.5 Å². The maximum Gasteiger partial charge on any atom is 0.227 e. The molecule has 2 heterocycles. The summed E-state index contributed by atoms with van der Waals surface area (Å²) in [5, 5.41) is 16.6. The number of aliphatic hydroxyl groups is 1. The Bertz CT molecular complexity index is 529. The van der Waals surface area contributed by atoms with Gasteiger partial charge in [0, 0.05) is 31.0 Å². The summed E-state index contributed by atoms with van der Waals surface area (Å²) in [5.74, 6) is 0.0417. The van der Waals surface area contributed by atoms with Gasteiger partial charge in [-0.1, -0.05) is 20.8 Å². The number of hydrogen-bond acceptors (Lipinski definition) is 4. The summed E-state index contributed by atoms with van der Waals surface area (Å²) in [6.07, 6.45) is 0.706. The average molecular weight is 338 g/mol. The Hall–Kier alpha value is -1.40. The van der Waals surface area contributed by atoms with Crippen LogP contribution in [0.4, 0.5) is 0 Å². The highest BCUT2D eigenvalue weighted by molar-refractivity contribution is 7.07. The van der Waals surface area contributed by atoms with E-state index in [1.54, 1.807) is 0 Å². The summed E-state index contributed by atoms with van der Waals surface area (Å²) >= 11 is 1.52. The minimum Gasteiger partial charge on any atom is -0.387 e. The lowest BCUT2D eigenvalue weighted by molar-refractivity contribution is -0.142. The standard InChI is InChI=1S/C17H26N2O3S/c1-17(2,3)16(22)19-7-4-12(5-8-19)15(21)18-10-14(20)13-6-9-23-11-13/h6,9,11-12,14,20H,4-5,7-8,10H2,1-3H3,(H,18,21). The normalized spacial score (nSPS) is 17.8. The number of carbonyl (C=O) groups excluding carboxylic acids is 2. The molecule has 0 radical (unpaired) electrons. The molecule has 0 bridgehead atoms. The fourth-order valence-electron chi connectivity index (χ4n) is 2.74. The predicted octanol–water partition coefficient (Wildman–Crippen LogP) is 2.18. The Balaban J connectivity index is 1.76. The van der Waals surface area contributed by atoms with Gasteiger partial charge in [-0.05, 0) is 35.2 Å². The molecule has 2 N–H and O–H groups in total. The number of thiophene rings is 1. The van der Waals surface area contributed by atoms with Crippen LogP contribution < -0.4 is 5.32 Å². The third-order valence-corrected chi connectivity index (χ3v) is 4.89. The molecule has 128 valence electrons. The van der Waals surface area contributed by atoms with Crippen molar-refractivity contribution in [3.8, 4) is 0 Å². The minimum atomic E-state index is -0.659. The van der Waals surface area contributed by atoms with E-state index in [0.29, 0.717) is 25.9 Å². The number of nitrogens with one attached hydrogen (secondary N) is 1. The van der Waals surface area contributed by atoms with Crippen LogP contribution in [-0.4, -0.2) is 41.5 Å². The lowest BCUT2D eigenvalue weighted by Crippen LogP contribution is -2.47. The molecule has 1 aromatic rings. The Morgan fingerprint density at radius 1 is 1.39 bits per heavy atom. The van der Waals surface area contributed by atoms with Crippen LogP contribution in [0.2, 0.25) is 0 Å². The minimum absolute atomic E-state index is 0.0258. The van der Waals surface area contributed by atoms with Crippen molar-refractivity contribution in [3.05, 3.63) is 22.4 Å². The first kappa shape index (κ1) is 17.9. The van der Waals surface area contributed by atoms with Gasteiger partial charge in [0.1, 0.15) is 0 Å². The van der Waals surface area contributed by atoms with Crippen LogP contribution in [0.25, 0.3) is 0 Å². The van der Waals surface area contributed by atoms with Crippen molar-refractivity contribution in [3.63, 3.8) is 0 Å². The van der Waals surface area contributed by atoms with E-state index in [1.165, 1.54) is 11.3 Å². The second-order valence-corrected chi connectivity index (χ2v) is 7.91.